The second-order valence-electron chi connectivity index (χ2n) is 8.36. The summed E-state index contributed by atoms with van der Waals surface area (Å²) in [5.74, 6) is 1.07. The maximum absolute atomic E-state index is 12.5. The zero-order valence-electron chi connectivity index (χ0n) is 16.4. The summed E-state index contributed by atoms with van der Waals surface area (Å²) in [4.78, 5) is 21.3. The van der Waals surface area contributed by atoms with Gasteiger partial charge in [0.25, 0.3) is 5.91 Å². The summed E-state index contributed by atoms with van der Waals surface area (Å²) in [5.41, 5.74) is 0.928. The number of nitrogens with zero attached hydrogens (tertiary/aromatic N) is 3. The SMILES string of the molecule is CC(C)c1noc(N2CCC3(CC2)OCCc2sc(C(=O)NC4CC4)cc23)n1. The number of thiophene rings is 1. The van der Waals surface area contributed by atoms with E-state index in [1.807, 2.05) is 0 Å². The molecular weight excluding hydrogens is 376 g/mol. The number of fused-ring (bicyclic) bond motifs is 2. The minimum absolute atomic E-state index is 0.0709. The van der Waals surface area contributed by atoms with Crippen LogP contribution in [0.15, 0.2) is 10.6 Å². The maximum Gasteiger partial charge on any atom is 0.324 e. The molecule has 1 aliphatic carbocycles. The third-order valence-electron chi connectivity index (χ3n) is 5.93. The molecular formula is C20H26N4O3S. The Kier molecular flexibility index (Phi) is 4.43. The Morgan fingerprint density at radius 1 is 1.36 bits per heavy atom. The van der Waals surface area contributed by atoms with E-state index in [0.29, 0.717) is 12.1 Å². The predicted molar refractivity (Wildman–Crippen MR) is 106 cm³/mol. The molecule has 1 saturated heterocycles. The van der Waals surface area contributed by atoms with Crippen LogP contribution >= 0.6 is 11.3 Å². The van der Waals surface area contributed by atoms with Crippen LogP contribution in [0.3, 0.4) is 0 Å². The van der Waals surface area contributed by atoms with Gasteiger partial charge >= 0.3 is 6.01 Å². The van der Waals surface area contributed by atoms with Crippen LogP contribution in [0, 0.1) is 0 Å². The van der Waals surface area contributed by atoms with E-state index >= 15 is 0 Å². The standard InChI is InChI=1S/C20H26N4O3S/c1-12(2)17-22-19(27-23-17)24-8-6-20(7-9-24)14-11-16(18(25)21-13-3-4-13)28-15(14)5-10-26-20/h11-13H,3-10H2,1-2H3,(H,21,25). The molecule has 2 aromatic rings. The van der Waals surface area contributed by atoms with Gasteiger partial charge in [0.1, 0.15) is 0 Å². The Bertz CT molecular complexity index is 878. The number of ether oxygens (including phenoxy) is 1. The van der Waals surface area contributed by atoms with Gasteiger partial charge in [-0.05, 0) is 37.3 Å². The van der Waals surface area contributed by atoms with Crippen LogP contribution in [0.25, 0.3) is 0 Å². The molecule has 1 amide bonds. The van der Waals surface area contributed by atoms with Crippen molar-refractivity contribution in [2.75, 3.05) is 24.6 Å². The number of amides is 1. The van der Waals surface area contributed by atoms with Gasteiger partial charge in [0.2, 0.25) is 0 Å². The highest BCUT2D eigenvalue weighted by molar-refractivity contribution is 7.14. The van der Waals surface area contributed by atoms with E-state index in [9.17, 15) is 4.79 Å². The van der Waals surface area contributed by atoms with E-state index in [4.69, 9.17) is 9.26 Å². The zero-order valence-corrected chi connectivity index (χ0v) is 17.2. The molecule has 7 nitrogen and oxygen atoms in total. The molecule has 5 rings (SSSR count). The number of carbonyl (C=O) groups excluding carboxylic acids is 1. The fourth-order valence-electron chi connectivity index (χ4n) is 4.08. The maximum atomic E-state index is 12.5. The molecule has 2 aromatic heterocycles. The van der Waals surface area contributed by atoms with E-state index < -0.39 is 0 Å². The summed E-state index contributed by atoms with van der Waals surface area (Å²) in [7, 11) is 0. The van der Waals surface area contributed by atoms with Gasteiger partial charge in [0, 0.05) is 36.3 Å². The molecule has 0 aromatic carbocycles. The number of hydrogen-bond acceptors (Lipinski definition) is 7. The fourth-order valence-corrected chi connectivity index (χ4v) is 5.21. The quantitative estimate of drug-likeness (QED) is 0.846. The van der Waals surface area contributed by atoms with E-state index in [1.54, 1.807) is 11.3 Å². The van der Waals surface area contributed by atoms with Crippen LogP contribution in [0.1, 0.15) is 71.4 Å². The smallest absolute Gasteiger partial charge is 0.324 e. The first-order valence-corrected chi connectivity index (χ1v) is 11.0. The third-order valence-corrected chi connectivity index (χ3v) is 7.13. The van der Waals surface area contributed by atoms with Gasteiger partial charge in [-0.25, -0.2) is 0 Å². The lowest BCUT2D eigenvalue weighted by Crippen LogP contribution is -2.46. The molecule has 0 unspecified atom stereocenters. The van der Waals surface area contributed by atoms with Gasteiger partial charge in [-0.3, -0.25) is 4.79 Å². The van der Waals surface area contributed by atoms with E-state index in [2.05, 4.69) is 40.3 Å². The van der Waals surface area contributed by atoms with Crippen molar-refractivity contribution in [1.29, 1.82) is 0 Å². The van der Waals surface area contributed by atoms with Crippen molar-refractivity contribution in [2.24, 2.45) is 0 Å². The Morgan fingerprint density at radius 3 is 2.82 bits per heavy atom. The summed E-state index contributed by atoms with van der Waals surface area (Å²) in [5, 5.41) is 7.19. The van der Waals surface area contributed by atoms with Crippen molar-refractivity contribution in [1.82, 2.24) is 15.5 Å². The molecule has 3 aliphatic rings. The van der Waals surface area contributed by atoms with Gasteiger partial charge in [0.15, 0.2) is 5.82 Å². The minimum Gasteiger partial charge on any atom is -0.370 e. The largest absolute Gasteiger partial charge is 0.370 e. The normalized spacial score (nSPS) is 21.2. The highest BCUT2D eigenvalue weighted by Crippen LogP contribution is 2.45. The summed E-state index contributed by atoms with van der Waals surface area (Å²) in [6.07, 6.45) is 4.82. The molecule has 0 bridgehead atoms. The number of hydrogen-bond donors (Lipinski definition) is 1. The Hall–Kier alpha value is -1.93. The van der Waals surface area contributed by atoms with Crippen molar-refractivity contribution in [3.05, 3.63) is 27.2 Å². The molecule has 8 heteroatoms. The number of anilines is 1. The highest BCUT2D eigenvalue weighted by Gasteiger charge is 2.43. The number of nitrogens with one attached hydrogen (secondary N) is 1. The summed E-state index contributed by atoms with van der Waals surface area (Å²) in [6.45, 7) is 6.45. The van der Waals surface area contributed by atoms with Crippen LogP contribution in [-0.2, 0) is 16.8 Å². The lowest BCUT2D eigenvalue weighted by molar-refractivity contribution is -0.0761. The van der Waals surface area contributed by atoms with Gasteiger partial charge in [0.05, 0.1) is 17.1 Å². The fraction of sp³-hybridized carbons (Fsp3) is 0.650. The molecule has 2 fully saturated rings. The van der Waals surface area contributed by atoms with Crippen molar-refractivity contribution in [3.63, 3.8) is 0 Å². The summed E-state index contributed by atoms with van der Waals surface area (Å²) < 4.78 is 11.8. The Morgan fingerprint density at radius 2 is 2.14 bits per heavy atom. The monoisotopic (exact) mass is 402 g/mol. The molecule has 2 aliphatic heterocycles. The summed E-state index contributed by atoms with van der Waals surface area (Å²) >= 11 is 1.64. The second kappa shape index (κ2) is 6.84. The molecule has 1 spiro atoms. The van der Waals surface area contributed by atoms with Crippen LogP contribution in [0.4, 0.5) is 6.01 Å². The summed E-state index contributed by atoms with van der Waals surface area (Å²) in [6, 6.07) is 3.06. The first-order chi connectivity index (χ1) is 13.5. The highest BCUT2D eigenvalue weighted by atomic mass is 32.1. The predicted octanol–water partition coefficient (Wildman–Crippen LogP) is 3.22. The van der Waals surface area contributed by atoms with E-state index in [0.717, 1.165) is 62.5 Å². The van der Waals surface area contributed by atoms with Crippen LogP contribution in [0.2, 0.25) is 0 Å². The molecule has 1 saturated carbocycles. The molecule has 0 atom stereocenters. The average molecular weight is 403 g/mol. The Balaban J connectivity index is 1.33. The lowest BCUT2D eigenvalue weighted by Gasteiger charge is -2.43. The van der Waals surface area contributed by atoms with Gasteiger partial charge < -0.3 is 19.5 Å². The van der Waals surface area contributed by atoms with Gasteiger partial charge in [-0.1, -0.05) is 19.0 Å². The first kappa shape index (κ1) is 18.1. The number of rotatable bonds is 4. The molecule has 150 valence electrons. The van der Waals surface area contributed by atoms with Crippen molar-refractivity contribution < 1.29 is 14.1 Å². The van der Waals surface area contributed by atoms with Gasteiger partial charge in [-0.2, -0.15) is 4.98 Å². The van der Waals surface area contributed by atoms with Crippen LogP contribution in [-0.4, -0.2) is 41.8 Å². The average Bonchev–Trinajstić information content (AvgIpc) is 3.19. The minimum atomic E-state index is -0.292. The zero-order chi connectivity index (χ0) is 19.3. The van der Waals surface area contributed by atoms with Crippen molar-refractivity contribution in [2.45, 2.75) is 63.5 Å². The van der Waals surface area contributed by atoms with Gasteiger partial charge in [-0.15, -0.1) is 11.3 Å². The number of carbonyl (C=O) groups is 1. The van der Waals surface area contributed by atoms with Crippen LogP contribution < -0.4 is 10.2 Å². The molecule has 28 heavy (non-hydrogen) atoms. The number of aromatic nitrogens is 2. The molecule has 4 heterocycles. The second-order valence-corrected chi connectivity index (χ2v) is 9.50. The van der Waals surface area contributed by atoms with Crippen molar-refractivity contribution >= 4 is 23.3 Å². The topological polar surface area (TPSA) is 80.5 Å². The molecule has 0 radical (unpaired) electrons. The van der Waals surface area contributed by atoms with Crippen LogP contribution in [0.5, 0.6) is 0 Å². The number of piperidine rings is 1. The first-order valence-electron chi connectivity index (χ1n) is 10.2. The van der Waals surface area contributed by atoms with Crippen molar-refractivity contribution in [3.8, 4) is 0 Å². The Labute approximate surface area is 168 Å². The van der Waals surface area contributed by atoms with E-state index in [1.165, 1.54) is 10.4 Å². The lowest BCUT2D eigenvalue weighted by atomic mass is 9.82. The van der Waals surface area contributed by atoms with E-state index in [-0.39, 0.29) is 17.4 Å². The molecule has 1 N–H and O–H groups in total. The third kappa shape index (κ3) is 3.22.